The molecular weight excluding hydrogens is 406 g/mol. The van der Waals surface area contributed by atoms with Crippen molar-refractivity contribution in [2.75, 3.05) is 5.32 Å². The van der Waals surface area contributed by atoms with Crippen molar-refractivity contribution >= 4 is 28.8 Å². The van der Waals surface area contributed by atoms with Gasteiger partial charge in [0, 0.05) is 17.1 Å². The first-order valence-electron chi connectivity index (χ1n) is 8.84. The number of thiophene rings is 1. The van der Waals surface area contributed by atoms with Gasteiger partial charge in [0.05, 0.1) is 4.88 Å². The zero-order valence-electron chi connectivity index (χ0n) is 15.5. The third-order valence-electron chi connectivity index (χ3n) is 4.29. The van der Waals surface area contributed by atoms with Crippen LogP contribution in [0.1, 0.15) is 16.8 Å². The molecule has 2 aromatic heterocycles. The largest absolute Gasteiger partial charge is 0.457 e. The molecule has 144 valence electrons. The summed E-state index contributed by atoms with van der Waals surface area (Å²) in [4.78, 5) is 5.13. The lowest BCUT2D eigenvalue weighted by Gasteiger charge is -2.10. The highest BCUT2D eigenvalue weighted by Crippen LogP contribution is 2.30. The van der Waals surface area contributed by atoms with Crippen molar-refractivity contribution in [1.82, 2.24) is 4.98 Å². The molecule has 0 saturated heterocycles. The van der Waals surface area contributed by atoms with Gasteiger partial charge in [-0.15, -0.1) is 11.3 Å². The number of oxazole rings is 1. The summed E-state index contributed by atoms with van der Waals surface area (Å²) in [6, 6.07) is 19.1. The molecule has 2 heterocycles. The molecule has 0 amide bonds. The molecule has 0 saturated carbocycles. The molecule has 29 heavy (non-hydrogen) atoms. The Labute approximate surface area is 177 Å². The Hall–Kier alpha value is -3.27. The maximum atomic E-state index is 9.31. The molecule has 2 aromatic carbocycles. The number of nitriles is 1. The van der Waals surface area contributed by atoms with E-state index in [4.69, 9.17) is 20.8 Å². The van der Waals surface area contributed by atoms with Crippen LogP contribution in [0.2, 0.25) is 5.02 Å². The Morgan fingerprint density at radius 3 is 2.72 bits per heavy atom. The fourth-order valence-corrected chi connectivity index (χ4v) is 3.52. The summed E-state index contributed by atoms with van der Waals surface area (Å²) in [6.45, 7) is 2.41. The van der Waals surface area contributed by atoms with Gasteiger partial charge >= 0.3 is 0 Å². The van der Waals surface area contributed by atoms with E-state index < -0.39 is 0 Å². The molecule has 7 heteroatoms. The van der Waals surface area contributed by atoms with E-state index in [1.807, 2.05) is 66.9 Å². The van der Waals surface area contributed by atoms with Crippen molar-refractivity contribution in [1.29, 1.82) is 5.26 Å². The molecule has 0 unspecified atom stereocenters. The summed E-state index contributed by atoms with van der Waals surface area (Å²) in [5, 5.41) is 15.1. The van der Waals surface area contributed by atoms with Crippen molar-refractivity contribution in [3.8, 4) is 28.3 Å². The van der Waals surface area contributed by atoms with Gasteiger partial charge in [-0.1, -0.05) is 35.9 Å². The number of halogens is 1. The second-order valence-electron chi connectivity index (χ2n) is 6.25. The summed E-state index contributed by atoms with van der Waals surface area (Å²) >= 11 is 7.65. The number of hydrogen-bond acceptors (Lipinski definition) is 6. The lowest BCUT2D eigenvalue weighted by molar-refractivity contribution is 0.479. The molecule has 0 radical (unpaired) electrons. The molecule has 1 N–H and O–H groups in total. The zero-order valence-corrected chi connectivity index (χ0v) is 17.1. The van der Waals surface area contributed by atoms with Crippen LogP contribution in [0, 0.1) is 18.3 Å². The lowest BCUT2D eigenvalue weighted by Crippen LogP contribution is -2.00. The monoisotopic (exact) mass is 421 g/mol. The summed E-state index contributed by atoms with van der Waals surface area (Å²) < 4.78 is 11.6. The fraction of sp³-hybridized carbons (Fsp3) is 0.0909. The van der Waals surface area contributed by atoms with Crippen LogP contribution in [0.3, 0.4) is 0 Å². The SMILES string of the molecule is Cc1c(Cl)cccc1Oc1ccc(CNc2oc(-c3cccs3)nc2C#N)cc1. The van der Waals surface area contributed by atoms with Crippen molar-refractivity contribution in [2.24, 2.45) is 0 Å². The smallest absolute Gasteiger partial charge is 0.240 e. The van der Waals surface area contributed by atoms with Gasteiger partial charge in [0.25, 0.3) is 0 Å². The molecule has 0 aliphatic carbocycles. The molecular formula is C22H16ClN3O2S. The van der Waals surface area contributed by atoms with E-state index in [9.17, 15) is 5.26 Å². The minimum atomic E-state index is 0.241. The highest BCUT2D eigenvalue weighted by atomic mass is 35.5. The van der Waals surface area contributed by atoms with E-state index in [0.29, 0.717) is 23.3 Å². The molecule has 0 fully saturated rings. The first-order valence-corrected chi connectivity index (χ1v) is 10.1. The van der Waals surface area contributed by atoms with Crippen LogP contribution in [-0.2, 0) is 6.54 Å². The van der Waals surface area contributed by atoms with E-state index in [2.05, 4.69) is 16.4 Å². The number of hydrogen-bond donors (Lipinski definition) is 1. The summed E-state index contributed by atoms with van der Waals surface area (Å²) in [6.07, 6.45) is 0. The van der Waals surface area contributed by atoms with E-state index in [1.54, 1.807) is 0 Å². The number of nitrogens with zero attached hydrogens (tertiary/aromatic N) is 2. The number of rotatable bonds is 6. The van der Waals surface area contributed by atoms with Crippen LogP contribution in [0.4, 0.5) is 5.88 Å². The summed E-state index contributed by atoms with van der Waals surface area (Å²) in [7, 11) is 0. The molecule has 5 nitrogen and oxygen atoms in total. The Morgan fingerprint density at radius 1 is 1.17 bits per heavy atom. The van der Waals surface area contributed by atoms with Gasteiger partial charge in [-0.2, -0.15) is 10.2 Å². The van der Waals surface area contributed by atoms with Crippen LogP contribution < -0.4 is 10.1 Å². The van der Waals surface area contributed by atoms with Gasteiger partial charge in [0.1, 0.15) is 17.6 Å². The van der Waals surface area contributed by atoms with Gasteiger partial charge in [-0.3, -0.25) is 0 Å². The second kappa shape index (κ2) is 8.39. The number of benzene rings is 2. The van der Waals surface area contributed by atoms with E-state index in [0.717, 1.165) is 27.5 Å². The maximum absolute atomic E-state index is 9.31. The molecule has 4 rings (SSSR count). The van der Waals surface area contributed by atoms with Crippen LogP contribution in [-0.4, -0.2) is 4.98 Å². The topological polar surface area (TPSA) is 71.1 Å². The Bertz CT molecular complexity index is 1160. The van der Waals surface area contributed by atoms with Crippen LogP contribution >= 0.6 is 22.9 Å². The first-order chi connectivity index (χ1) is 14.1. The number of aromatic nitrogens is 1. The number of nitrogens with one attached hydrogen (secondary N) is 1. The van der Waals surface area contributed by atoms with Crippen molar-refractivity contribution in [3.05, 3.63) is 81.8 Å². The van der Waals surface area contributed by atoms with E-state index in [-0.39, 0.29) is 5.69 Å². The average molecular weight is 422 g/mol. The minimum Gasteiger partial charge on any atom is -0.457 e. The Balaban J connectivity index is 1.43. The molecule has 0 spiro atoms. The Kier molecular flexibility index (Phi) is 5.52. The van der Waals surface area contributed by atoms with Crippen molar-refractivity contribution in [2.45, 2.75) is 13.5 Å². The molecule has 0 aliphatic heterocycles. The van der Waals surface area contributed by atoms with Crippen molar-refractivity contribution < 1.29 is 9.15 Å². The third kappa shape index (κ3) is 4.27. The second-order valence-corrected chi connectivity index (χ2v) is 7.60. The van der Waals surface area contributed by atoms with Crippen LogP contribution in [0.5, 0.6) is 11.5 Å². The van der Waals surface area contributed by atoms with Crippen LogP contribution in [0.15, 0.2) is 64.4 Å². The third-order valence-corrected chi connectivity index (χ3v) is 5.55. The molecule has 0 bridgehead atoms. The molecule has 4 aromatic rings. The van der Waals surface area contributed by atoms with E-state index in [1.165, 1.54) is 11.3 Å². The number of anilines is 1. The van der Waals surface area contributed by atoms with Gasteiger partial charge < -0.3 is 14.5 Å². The summed E-state index contributed by atoms with van der Waals surface area (Å²) in [5.74, 6) is 2.26. The predicted octanol–water partition coefficient (Wildman–Crippen LogP) is 6.64. The molecule has 0 atom stereocenters. The number of ether oxygens (including phenoxy) is 1. The minimum absolute atomic E-state index is 0.241. The summed E-state index contributed by atoms with van der Waals surface area (Å²) in [5.41, 5.74) is 2.15. The highest BCUT2D eigenvalue weighted by Gasteiger charge is 2.15. The Morgan fingerprint density at radius 2 is 2.00 bits per heavy atom. The quantitative estimate of drug-likeness (QED) is 0.377. The first kappa shape index (κ1) is 19.1. The zero-order chi connectivity index (χ0) is 20.2. The van der Waals surface area contributed by atoms with Gasteiger partial charge in [0.15, 0.2) is 0 Å². The van der Waals surface area contributed by atoms with E-state index >= 15 is 0 Å². The van der Waals surface area contributed by atoms with Crippen LogP contribution in [0.25, 0.3) is 10.8 Å². The van der Waals surface area contributed by atoms with Crippen molar-refractivity contribution in [3.63, 3.8) is 0 Å². The molecule has 0 aliphatic rings. The van der Waals surface area contributed by atoms with Gasteiger partial charge in [-0.25, -0.2) is 0 Å². The normalized spacial score (nSPS) is 10.5. The standard InChI is InChI=1S/C22H16ClN3O2S/c1-14-17(23)4-2-5-19(14)27-16-9-7-15(8-10-16)13-25-21-18(12-24)26-22(28-21)20-6-3-11-29-20/h2-11,25H,13H2,1H3. The van der Waals surface area contributed by atoms with Gasteiger partial charge in [-0.05, 0) is 48.2 Å². The fourth-order valence-electron chi connectivity index (χ4n) is 2.70. The maximum Gasteiger partial charge on any atom is 0.240 e. The lowest BCUT2D eigenvalue weighted by atomic mass is 10.2. The van der Waals surface area contributed by atoms with Gasteiger partial charge in [0.2, 0.25) is 17.5 Å². The average Bonchev–Trinajstić information content (AvgIpc) is 3.40. The predicted molar refractivity (Wildman–Crippen MR) is 115 cm³/mol. The highest BCUT2D eigenvalue weighted by molar-refractivity contribution is 7.13.